The van der Waals surface area contributed by atoms with Gasteiger partial charge in [-0.3, -0.25) is 14.5 Å². The largest absolute Gasteiger partial charge is 0.482 e. The zero-order chi connectivity index (χ0) is 24.1. The van der Waals surface area contributed by atoms with Crippen molar-refractivity contribution in [3.05, 3.63) is 47.3 Å². The van der Waals surface area contributed by atoms with Crippen LogP contribution in [-0.4, -0.2) is 56.8 Å². The Morgan fingerprint density at radius 3 is 2.86 bits per heavy atom. The summed E-state index contributed by atoms with van der Waals surface area (Å²) in [5.74, 6) is 0.00690. The first kappa shape index (κ1) is 21.8. The van der Waals surface area contributed by atoms with Crippen molar-refractivity contribution in [2.75, 3.05) is 47.9 Å². The van der Waals surface area contributed by atoms with Crippen LogP contribution in [0, 0.1) is 5.82 Å². The lowest BCUT2D eigenvalue weighted by Crippen LogP contribution is -2.35. The lowest BCUT2D eigenvalue weighted by molar-refractivity contribution is -0.119. The average Bonchev–Trinajstić information content (AvgIpc) is 3.42. The van der Waals surface area contributed by atoms with Crippen molar-refractivity contribution in [3.8, 4) is 5.75 Å². The molecule has 2 aromatic carbocycles. The molecule has 2 N–H and O–H groups in total. The number of rotatable bonds is 6. The number of nitrogens with one attached hydrogen (secondary N) is 2. The molecule has 35 heavy (non-hydrogen) atoms. The number of aryl methyl sites for hydroxylation is 1. The predicted octanol–water partition coefficient (Wildman–Crippen LogP) is 2.54. The third-order valence-electron chi connectivity index (χ3n) is 7.05. The maximum Gasteiger partial charge on any atom is 0.414 e. The Labute approximate surface area is 201 Å². The molecule has 0 aliphatic carbocycles. The van der Waals surface area contributed by atoms with Gasteiger partial charge in [0.15, 0.2) is 6.61 Å². The standard InChI is InChI=1S/C25H25FN4O5/c26-18-4-1-14-2-6-22(32)30-11-15(23(18)24(14)30)10-27-8-7-17-12-29(25(33)35-17)16-3-5-20-19(9-16)28-21(31)13-34-20/h1,3-5,9,15,17,27H,2,6-8,10-13H2,(H,28,31)/t15?,17-/m0/s1. The number of cyclic esters (lactones) is 1. The fraction of sp³-hybridized carbons (Fsp3) is 0.400. The van der Waals surface area contributed by atoms with Crippen molar-refractivity contribution in [3.63, 3.8) is 0 Å². The maximum atomic E-state index is 14.7. The van der Waals surface area contributed by atoms with E-state index in [1.165, 1.54) is 11.0 Å². The van der Waals surface area contributed by atoms with Gasteiger partial charge in [0.2, 0.25) is 5.91 Å². The molecule has 182 valence electrons. The van der Waals surface area contributed by atoms with Crippen molar-refractivity contribution in [2.24, 2.45) is 0 Å². The van der Waals surface area contributed by atoms with Crippen LogP contribution in [0.5, 0.6) is 5.75 Å². The highest BCUT2D eigenvalue weighted by Crippen LogP contribution is 2.43. The lowest BCUT2D eigenvalue weighted by Gasteiger charge is -2.25. The zero-order valence-electron chi connectivity index (χ0n) is 19.0. The van der Waals surface area contributed by atoms with E-state index < -0.39 is 6.09 Å². The van der Waals surface area contributed by atoms with Gasteiger partial charge in [0.1, 0.15) is 17.7 Å². The predicted molar refractivity (Wildman–Crippen MR) is 125 cm³/mol. The highest BCUT2D eigenvalue weighted by atomic mass is 19.1. The number of carbonyl (C=O) groups is 3. The molecular weight excluding hydrogens is 455 g/mol. The summed E-state index contributed by atoms with van der Waals surface area (Å²) in [6.07, 6.45) is 0.982. The molecule has 0 spiro atoms. The van der Waals surface area contributed by atoms with Crippen LogP contribution in [0.3, 0.4) is 0 Å². The fourth-order valence-corrected chi connectivity index (χ4v) is 5.37. The monoisotopic (exact) mass is 480 g/mol. The minimum absolute atomic E-state index is 0.0260. The van der Waals surface area contributed by atoms with E-state index in [4.69, 9.17) is 9.47 Å². The number of ether oxygens (including phenoxy) is 2. The van der Waals surface area contributed by atoms with Gasteiger partial charge in [0.05, 0.1) is 17.9 Å². The first-order chi connectivity index (χ1) is 17.0. The van der Waals surface area contributed by atoms with Crippen LogP contribution in [0.25, 0.3) is 0 Å². The van der Waals surface area contributed by atoms with Crippen LogP contribution >= 0.6 is 0 Å². The number of carbonyl (C=O) groups excluding carboxylic acids is 3. The molecule has 10 heteroatoms. The Bertz CT molecular complexity index is 1230. The lowest BCUT2D eigenvalue weighted by atomic mass is 9.95. The Morgan fingerprint density at radius 1 is 1.09 bits per heavy atom. The van der Waals surface area contributed by atoms with Gasteiger partial charge in [-0.25, -0.2) is 9.18 Å². The SMILES string of the molecule is O=C1COc2ccc(N3C[C@H](CCNCC4CN5C(=O)CCc6ccc(F)c4c65)OC3=O)cc2N1. The maximum absolute atomic E-state index is 14.7. The van der Waals surface area contributed by atoms with Gasteiger partial charge in [0, 0.05) is 36.7 Å². The summed E-state index contributed by atoms with van der Waals surface area (Å²) < 4.78 is 25.5. The second-order valence-electron chi connectivity index (χ2n) is 9.30. The molecule has 2 atom stereocenters. The first-order valence-electron chi connectivity index (χ1n) is 11.8. The normalized spacial score (nSPS) is 22.5. The van der Waals surface area contributed by atoms with Gasteiger partial charge in [-0.15, -0.1) is 0 Å². The van der Waals surface area contributed by atoms with Crippen molar-refractivity contribution in [1.29, 1.82) is 0 Å². The van der Waals surface area contributed by atoms with Gasteiger partial charge in [0.25, 0.3) is 5.91 Å². The number of hydrogen-bond donors (Lipinski definition) is 2. The molecule has 1 fully saturated rings. The number of hydrogen-bond acceptors (Lipinski definition) is 6. The molecular formula is C25H25FN4O5. The van der Waals surface area contributed by atoms with Crippen LogP contribution in [-0.2, 0) is 20.7 Å². The summed E-state index contributed by atoms with van der Waals surface area (Å²) in [6.45, 7) is 1.97. The van der Waals surface area contributed by atoms with Crippen molar-refractivity contribution in [2.45, 2.75) is 31.3 Å². The third kappa shape index (κ3) is 3.87. The Balaban J connectivity index is 1.05. The van der Waals surface area contributed by atoms with Gasteiger partial charge < -0.3 is 25.0 Å². The van der Waals surface area contributed by atoms with E-state index >= 15 is 0 Å². The molecule has 9 nitrogen and oxygen atoms in total. The highest BCUT2D eigenvalue weighted by molar-refractivity contribution is 5.99. The molecule has 0 radical (unpaired) electrons. The second-order valence-corrected chi connectivity index (χ2v) is 9.30. The minimum Gasteiger partial charge on any atom is -0.482 e. The zero-order valence-corrected chi connectivity index (χ0v) is 19.0. The first-order valence-corrected chi connectivity index (χ1v) is 11.8. The van der Waals surface area contributed by atoms with E-state index in [2.05, 4.69) is 10.6 Å². The number of anilines is 3. The van der Waals surface area contributed by atoms with Crippen molar-refractivity contribution < 1.29 is 28.2 Å². The molecule has 1 unspecified atom stereocenters. The number of fused-ring (bicyclic) bond motifs is 1. The molecule has 4 heterocycles. The molecule has 0 saturated carbocycles. The van der Waals surface area contributed by atoms with Gasteiger partial charge in [-0.2, -0.15) is 0 Å². The van der Waals surface area contributed by atoms with E-state index in [0.29, 0.717) is 68.1 Å². The topological polar surface area (TPSA) is 100 Å². The molecule has 3 amide bonds. The van der Waals surface area contributed by atoms with E-state index in [9.17, 15) is 18.8 Å². The summed E-state index contributed by atoms with van der Waals surface area (Å²) in [4.78, 5) is 39.7. The molecule has 4 aliphatic rings. The van der Waals surface area contributed by atoms with E-state index in [-0.39, 0.29) is 36.3 Å². The number of nitrogens with zero attached hydrogens (tertiary/aromatic N) is 2. The van der Waals surface area contributed by atoms with Gasteiger partial charge >= 0.3 is 6.09 Å². The smallest absolute Gasteiger partial charge is 0.414 e. The highest BCUT2D eigenvalue weighted by Gasteiger charge is 2.39. The Kier molecular flexibility index (Phi) is 5.32. The summed E-state index contributed by atoms with van der Waals surface area (Å²) in [6, 6.07) is 8.48. The average molecular weight is 480 g/mol. The molecule has 6 rings (SSSR count). The summed E-state index contributed by atoms with van der Waals surface area (Å²) in [7, 11) is 0. The van der Waals surface area contributed by atoms with Crippen molar-refractivity contribution >= 4 is 35.0 Å². The van der Waals surface area contributed by atoms with Crippen LogP contribution in [0.1, 0.15) is 29.9 Å². The second kappa shape index (κ2) is 8.53. The van der Waals surface area contributed by atoms with Crippen LogP contribution < -0.4 is 25.2 Å². The van der Waals surface area contributed by atoms with Crippen LogP contribution in [0.2, 0.25) is 0 Å². The van der Waals surface area contributed by atoms with E-state index in [1.54, 1.807) is 29.2 Å². The van der Waals surface area contributed by atoms with E-state index in [1.807, 2.05) is 0 Å². The fourth-order valence-electron chi connectivity index (χ4n) is 5.37. The summed E-state index contributed by atoms with van der Waals surface area (Å²) in [5, 5.41) is 6.10. The molecule has 1 saturated heterocycles. The molecule has 0 bridgehead atoms. The number of halogens is 1. The number of benzene rings is 2. The Morgan fingerprint density at radius 2 is 1.97 bits per heavy atom. The van der Waals surface area contributed by atoms with Gasteiger partial charge in [-0.1, -0.05) is 6.07 Å². The number of amides is 3. The van der Waals surface area contributed by atoms with Crippen molar-refractivity contribution in [1.82, 2.24) is 5.32 Å². The molecule has 2 aromatic rings. The minimum atomic E-state index is -0.440. The van der Waals surface area contributed by atoms with Crippen LogP contribution in [0.4, 0.5) is 26.2 Å². The summed E-state index contributed by atoms with van der Waals surface area (Å²) in [5.41, 5.74) is 3.58. The quantitative estimate of drug-likeness (QED) is 0.617. The van der Waals surface area contributed by atoms with Gasteiger partial charge in [-0.05, 0) is 49.2 Å². The summed E-state index contributed by atoms with van der Waals surface area (Å²) >= 11 is 0. The van der Waals surface area contributed by atoms with E-state index in [0.717, 1.165) is 11.3 Å². The Hall–Kier alpha value is -3.66. The van der Waals surface area contributed by atoms with Crippen LogP contribution in [0.15, 0.2) is 30.3 Å². The molecule has 0 aromatic heterocycles. The molecule has 4 aliphatic heterocycles. The third-order valence-corrected chi connectivity index (χ3v) is 7.05.